The van der Waals surface area contributed by atoms with Gasteiger partial charge in [0.25, 0.3) is 0 Å². The van der Waals surface area contributed by atoms with Crippen LogP contribution >= 0.6 is 11.3 Å². The number of rotatable bonds is 5. The molecule has 288 valence electrons. The third-order valence-electron chi connectivity index (χ3n) is 13.0. The van der Waals surface area contributed by atoms with Crippen LogP contribution in [0.1, 0.15) is 22.3 Å². The molecule has 2 aliphatic carbocycles. The Hall–Kier alpha value is -7.79. The number of hydrogen-bond acceptors (Lipinski definition) is 4. The van der Waals surface area contributed by atoms with Crippen molar-refractivity contribution in [3.8, 4) is 78.7 Å². The molecule has 13 rings (SSSR count). The molecule has 1 spiro atoms. The third-order valence-corrected chi connectivity index (χ3v) is 14.1. The maximum atomic E-state index is 5.31. The lowest BCUT2D eigenvalue weighted by molar-refractivity contribution is 0.794. The highest BCUT2D eigenvalue weighted by molar-refractivity contribution is 7.25. The van der Waals surface area contributed by atoms with Crippen LogP contribution in [0, 0.1) is 0 Å². The number of hydrogen-bond donors (Lipinski definition) is 0. The molecule has 2 heterocycles. The summed E-state index contributed by atoms with van der Waals surface area (Å²) in [6.07, 6.45) is 0. The molecule has 0 saturated carbocycles. The molecule has 0 unspecified atom stereocenters. The van der Waals surface area contributed by atoms with Gasteiger partial charge in [0, 0.05) is 36.9 Å². The molecular formula is C58H35N3S. The molecule has 2 aromatic heterocycles. The van der Waals surface area contributed by atoms with Crippen LogP contribution in [-0.4, -0.2) is 15.0 Å². The average molecular weight is 806 g/mol. The van der Waals surface area contributed by atoms with Crippen LogP contribution in [-0.2, 0) is 5.41 Å². The number of nitrogens with zero attached hydrogens (tertiary/aromatic N) is 3. The lowest BCUT2D eigenvalue weighted by Crippen LogP contribution is -2.25. The summed E-state index contributed by atoms with van der Waals surface area (Å²) in [4.78, 5) is 15.7. The predicted octanol–water partition coefficient (Wildman–Crippen LogP) is 14.9. The smallest absolute Gasteiger partial charge is 0.164 e. The van der Waals surface area contributed by atoms with Gasteiger partial charge in [-0.2, -0.15) is 0 Å². The number of thiophene rings is 1. The van der Waals surface area contributed by atoms with Crippen molar-refractivity contribution in [1.29, 1.82) is 0 Å². The Bertz CT molecular complexity index is 3560. The second-order valence-corrected chi connectivity index (χ2v) is 17.3. The fourth-order valence-corrected chi connectivity index (χ4v) is 11.5. The van der Waals surface area contributed by atoms with Crippen LogP contribution in [0.2, 0.25) is 0 Å². The molecular weight excluding hydrogens is 771 g/mol. The van der Waals surface area contributed by atoms with Crippen molar-refractivity contribution < 1.29 is 0 Å². The van der Waals surface area contributed by atoms with Crippen LogP contribution in [0.5, 0.6) is 0 Å². The molecule has 3 nitrogen and oxygen atoms in total. The van der Waals surface area contributed by atoms with Gasteiger partial charge >= 0.3 is 0 Å². The summed E-state index contributed by atoms with van der Waals surface area (Å²) in [6, 6.07) is 76.8. The van der Waals surface area contributed by atoms with Crippen LogP contribution in [0.4, 0.5) is 0 Å². The van der Waals surface area contributed by atoms with E-state index in [1.54, 1.807) is 11.3 Å². The zero-order valence-corrected chi connectivity index (χ0v) is 34.3. The maximum Gasteiger partial charge on any atom is 0.164 e. The second-order valence-electron chi connectivity index (χ2n) is 16.2. The number of benzene rings is 9. The van der Waals surface area contributed by atoms with Crippen molar-refractivity contribution >= 4 is 31.5 Å². The average Bonchev–Trinajstić information content (AvgIpc) is 3.98. The largest absolute Gasteiger partial charge is 0.208 e. The Morgan fingerprint density at radius 1 is 0.290 bits per heavy atom. The van der Waals surface area contributed by atoms with E-state index >= 15 is 0 Å². The monoisotopic (exact) mass is 805 g/mol. The van der Waals surface area contributed by atoms with Gasteiger partial charge in [-0.15, -0.1) is 11.3 Å². The lowest BCUT2D eigenvalue weighted by atomic mass is 9.70. The number of aromatic nitrogens is 3. The quantitative estimate of drug-likeness (QED) is 0.174. The first kappa shape index (κ1) is 35.0. The van der Waals surface area contributed by atoms with Crippen molar-refractivity contribution in [2.24, 2.45) is 0 Å². The van der Waals surface area contributed by atoms with Crippen LogP contribution in [0.25, 0.3) is 98.8 Å². The highest BCUT2D eigenvalue weighted by atomic mass is 32.1. The maximum absolute atomic E-state index is 5.31. The molecule has 2 aliphatic rings. The first-order valence-electron chi connectivity index (χ1n) is 21.1. The summed E-state index contributed by atoms with van der Waals surface area (Å²) >= 11 is 1.80. The minimum Gasteiger partial charge on any atom is -0.208 e. The van der Waals surface area contributed by atoms with Gasteiger partial charge in [0.1, 0.15) is 0 Å². The second kappa shape index (κ2) is 13.6. The van der Waals surface area contributed by atoms with Gasteiger partial charge < -0.3 is 0 Å². The van der Waals surface area contributed by atoms with Crippen molar-refractivity contribution in [1.82, 2.24) is 15.0 Å². The first-order valence-corrected chi connectivity index (χ1v) is 21.9. The van der Waals surface area contributed by atoms with Crippen molar-refractivity contribution in [2.45, 2.75) is 5.41 Å². The van der Waals surface area contributed by atoms with E-state index in [0.717, 1.165) is 33.4 Å². The van der Waals surface area contributed by atoms with Crippen molar-refractivity contribution in [3.63, 3.8) is 0 Å². The summed E-state index contributed by atoms with van der Waals surface area (Å²) in [7, 11) is 0. The summed E-state index contributed by atoms with van der Waals surface area (Å²) in [5.41, 5.74) is 17.7. The van der Waals surface area contributed by atoms with Gasteiger partial charge in [-0.1, -0.05) is 188 Å². The van der Waals surface area contributed by atoms with E-state index in [1.807, 2.05) is 18.2 Å². The Morgan fingerprint density at radius 2 is 0.774 bits per heavy atom. The number of fused-ring (bicyclic) bond motifs is 13. The van der Waals surface area contributed by atoms with E-state index in [4.69, 9.17) is 15.0 Å². The zero-order chi connectivity index (χ0) is 40.8. The fraction of sp³-hybridized carbons (Fsp3) is 0.0172. The normalized spacial score (nSPS) is 13.0. The third kappa shape index (κ3) is 5.08. The van der Waals surface area contributed by atoms with E-state index in [2.05, 4.69) is 194 Å². The molecule has 0 aliphatic heterocycles. The molecule has 0 radical (unpaired) electrons. The SMILES string of the molecule is c1ccc(-c2nc(-c3ccccc3-c3cccc(-c4ccc5c(c4)-c4ccccc4C54c5ccccc5-c5ccccc54)c3)nc(-c3cccc4sc5ccccc5c34)n2)cc1. The molecule has 0 bridgehead atoms. The Balaban J connectivity index is 0.956. The van der Waals surface area contributed by atoms with Gasteiger partial charge in [-0.05, 0) is 91.0 Å². The van der Waals surface area contributed by atoms with Gasteiger partial charge in [-0.25, -0.2) is 15.0 Å². The molecule has 0 saturated heterocycles. The lowest BCUT2D eigenvalue weighted by Gasteiger charge is -2.30. The Labute approximate surface area is 363 Å². The Kier molecular flexibility index (Phi) is 7.69. The van der Waals surface area contributed by atoms with Crippen molar-refractivity contribution in [2.75, 3.05) is 0 Å². The fourth-order valence-electron chi connectivity index (χ4n) is 10.4. The van der Waals surface area contributed by atoms with E-state index in [9.17, 15) is 0 Å². The van der Waals surface area contributed by atoms with E-state index in [1.165, 1.54) is 70.2 Å². The highest BCUT2D eigenvalue weighted by Gasteiger charge is 2.51. The molecule has 0 amide bonds. The van der Waals surface area contributed by atoms with Gasteiger partial charge in [0.15, 0.2) is 17.5 Å². The van der Waals surface area contributed by atoms with E-state index in [0.29, 0.717) is 17.5 Å². The van der Waals surface area contributed by atoms with Crippen LogP contribution in [0.3, 0.4) is 0 Å². The van der Waals surface area contributed by atoms with Crippen LogP contribution in [0.15, 0.2) is 212 Å². The van der Waals surface area contributed by atoms with Crippen molar-refractivity contribution in [3.05, 3.63) is 235 Å². The standard InChI is InChI=1S/C58H35N3S/c1-2-16-36(17-3-1)55-59-56(61-57(60-55)46-26-15-31-53-54(46)45-25-9-13-30-52(45)62-53)44-24-5-4-20-40(44)39-19-14-18-37(34-39)38-32-33-51-47(35-38)43-23-8-12-29-50(43)58(51)48-27-10-6-21-41(48)42-22-7-11-28-49(42)58/h1-35H. The molecule has 0 fully saturated rings. The summed E-state index contributed by atoms with van der Waals surface area (Å²) in [5.74, 6) is 1.95. The summed E-state index contributed by atoms with van der Waals surface area (Å²) < 4.78 is 2.46. The summed E-state index contributed by atoms with van der Waals surface area (Å²) in [5, 5.41) is 2.39. The van der Waals surface area contributed by atoms with Gasteiger partial charge in [0.05, 0.1) is 5.41 Å². The molecule has 0 N–H and O–H groups in total. The van der Waals surface area contributed by atoms with Gasteiger partial charge in [0.2, 0.25) is 0 Å². The predicted molar refractivity (Wildman–Crippen MR) is 256 cm³/mol. The topological polar surface area (TPSA) is 38.7 Å². The zero-order valence-electron chi connectivity index (χ0n) is 33.5. The van der Waals surface area contributed by atoms with E-state index < -0.39 is 0 Å². The molecule has 62 heavy (non-hydrogen) atoms. The molecule has 0 atom stereocenters. The minimum absolute atomic E-state index is 0.359. The first-order chi connectivity index (χ1) is 30.7. The minimum atomic E-state index is -0.359. The molecule has 9 aromatic carbocycles. The summed E-state index contributed by atoms with van der Waals surface area (Å²) in [6.45, 7) is 0. The van der Waals surface area contributed by atoms with Crippen LogP contribution < -0.4 is 0 Å². The highest BCUT2D eigenvalue weighted by Crippen LogP contribution is 2.63. The molecule has 11 aromatic rings. The van der Waals surface area contributed by atoms with Gasteiger partial charge in [-0.3, -0.25) is 0 Å². The Morgan fingerprint density at radius 3 is 1.52 bits per heavy atom. The van der Waals surface area contributed by atoms with E-state index in [-0.39, 0.29) is 5.41 Å². The molecule has 4 heteroatoms.